The zero-order valence-electron chi connectivity index (χ0n) is 4.57. The van der Waals surface area contributed by atoms with Gasteiger partial charge >= 0.3 is 0 Å². The third-order valence-corrected chi connectivity index (χ3v) is 0.666. The fraction of sp³-hybridized carbons (Fsp3) is 0.125. The van der Waals surface area contributed by atoms with Gasteiger partial charge in [-0.3, -0.25) is 0 Å². The van der Waals surface area contributed by atoms with Crippen molar-refractivity contribution in [2.24, 2.45) is 0 Å². The topological polar surface area (TPSA) is 0 Å². The van der Waals surface area contributed by atoms with Crippen LogP contribution in [0.3, 0.4) is 0 Å². The van der Waals surface area contributed by atoms with Crippen molar-refractivity contribution in [3.63, 3.8) is 0 Å². The van der Waals surface area contributed by atoms with Gasteiger partial charge in [0, 0.05) is 6.42 Å². The quantitative estimate of drug-likeness (QED) is 0.346. The molecule has 0 rings (SSSR count). The van der Waals surface area contributed by atoms with Crippen LogP contribution in [0, 0.1) is 24.7 Å². The second-order valence-electron chi connectivity index (χ2n) is 1.18. The van der Waals surface area contributed by atoms with Gasteiger partial charge in [-0.25, -0.2) is 0 Å². The maximum atomic E-state index is 4.98. The molecule has 38 valence electrons. The zero-order valence-corrected chi connectivity index (χ0v) is 4.57. The van der Waals surface area contributed by atoms with Gasteiger partial charge in [0.05, 0.1) is 5.57 Å². The molecule has 0 aromatic carbocycles. The third kappa shape index (κ3) is 1.93. The Morgan fingerprint density at radius 3 is 2.25 bits per heavy atom. The summed E-state index contributed by atoms with van der Waals surface area (Å²) in [6.45, 7) is 3.35. The average molecular weight is 102 g/mol. The molecule has 0 fully saturated rings. The minimum absolute atomic E-state index is 0.458. The Hall–Kier alpha value is -1.36. The van der Waals surface area contributed by atoms with E-state index in [0.29, 0.717) is 12.0 Å². The lowest BCUT2D eigenvalue weighted by atomic mass is 10.2. The highest BCUT2D eigenvalue weighted by molar-refractivity contribution is 5.27. The lowest BCUT2D eigenvalue weighted by Gasteiger charge is -1.80. The molecule has 0 spiro atoms. The van der Waals surface area contributed by atoms with Crippen molar-refractivity contribution < 1.29 is 0 Å². The van der Waals surface area contributed by atoms with Gasteiger partial charge in [0.1, 0.15) is 0 Å². The van der Waals surface area contributed by atoms with Crippen LogP contribution in [0.4, 0.5) is 0 Å². The standard InChI is InChI=1S/C8H6/c1-4-7-8(5-2)6-3/h1-2H,3,7H2. The van der Waals surface area contributed by atoms with E-state index < -0.39 is 0 Å². The summed E-state index contributed by atoms with van der Waals surface area (Å²) in [6, 6.07) is 0. The van der Waals surface area contributed by atoms with Crippen molar-refractivity contribution in [3.05, 3.63) is 17.9 Å². The largest absolute Gasteiger partial charge is 0.120 e. The number of hydrogen-bond donors (Lipinski definition) is 0. The first-order valence-corrected chi connectivity index (χ1v) is 2.14. The number of rotatable bonds is 1. The summed E-state index contributed by atoms with van der Waals surface area (Å²) in [4.78, 5) is 0. The van der Waals surface area contributed by atoms with Gasteiger partial charge in [0.2, 0.25) is 0 Å². The van der Waals surface area contributed by atoms with E-state index in [1.54, 1.807) is 0 Å². The van der Waals surface area contributed by atoms with E-state index in [2.05, 4.69) is 24.2 Å². The Kier molecular flexibility index (Phi) is 3.17. The molecule has 0 N–H and O–H groups in total. The Morgan fingerprint density at radius 2 is 2.12 bits per heavy atom. The fourth-order valence-corrected chi connectivity index (χ4v) is 0.267. The fourth-order valence-electron chi connectivity index (χ4n) is 0.267. The second-order valence-corrected chi connectivity index (χ2v) is 1.18. The van der Waals surface area contributed by atoms with Crippen LogP contribution in [0.2, 0.25) is 0 Å². The van der Waals surface area contributed by atoms with Crippen molar-refractivity contribution in [1.82, 2.24) is 0 Å². The van der Waals surface area contributed by atoms with E-state index in [1.165, 1.54) is 0 Å². The van der Waals surface area contributed by atoms with Gasteiger partial charge in [-0.05, 0) is 0 Å². The lowest BCUT2D eigenvalue weighted by molar-refractivity contribution is 1.39. The molecule has 0 aliphatic carbocycles. The van der Waals surface area contributed by atoms with E-state index in [4.69, 9.17) is 12.8 Å². The van der Waals surface area contributed by atoms with Crippen LogP contribution in [0.5, 0.6) is 0 Å². The molecule has 0 aromatic heterocycles. The predicted molar refractivity (Wildman–Crippen MR) is 34.9 cm³/mol. The first-order chi connectivity index (χ1) is 3.85. The van der Waals surface area contributed by atoms with Gasteiger partial charge in [-0.2, -0.15) is 0 Å². The third-order valence-electron chi connectivity index (χ3n) is 0.666. The highest BCUT2D eigenvalue weighted by Crippen LogP contribution is 1.91. The van der Waals surface area contributed by atoms with E-state index in [1.807, 2.05) is 0 Å². The maximum absolute atomic E-state index is 4.98. The molecular weight excluding hydrogens is 96.1 g/mol. The van der Waals surface area contributed by atoms with Crippen molar-refractivity contribution in [3.8, 4) is 24.7 Å². The van der Waals surface area contributed by atoms with E-state index in [9.17, 15) is 0 Å². The summed E-state index contributed by atoms with van der Waals surface area (Å²) in [6.07, 6.45) is 10.4. The SMILES string of the molecule is C#CCC(=C=C)C#C. The molecule has 0 atom stereocenters. The Balaban J connectivity index is 4.04. The van der Waals surface area contributed by atoms with Gasteiger partial charge in [0.15, 0.2) is 0 Å². The number of allylic oxidation sites excluding steroid dienone is 1. The molecule has 0 amide bonds. The summed E-state index contributed by atoms with van der Waals surface area (Å²) in [7, 11) is 0. The van der Waals surface area contributed by atoms with Crippen molar-refractivity contribution >= 4 is 0 Å². The predicted octanol–water partition coefficient (Wildman–Crippen LogP) is 1.35. The van der Waals surface area contributed by atoms with E-state index in [0.717, 1.165) is 0 Å². The van der Waals surface area contributed by atoms with Gasteiger partial charge in [0.25, 0.3) is 0 Å². The van der Waals surface area contributed by atoms with Crippen molar-refractivity contribution in [1.29, 1.82) is 0 Å². The van der Waals surface area contributed by atoms with E-state index in [-0.39, 0.29) is 0 Å². The van der Waals surface area contributed by atoms with Crippen LogP contribution >= 0.6 is 0 Å². The summed E-state index contributed by atoms with van der Waals surface area (Å²) in [5, 5.41) is 0. The van der Waals surface area contributed by atoms with Crippen LogP contribution < -0.4 is 0 Å². The first-order valence-electron chi connectivity index (χ1n) is 2.14. The van der Waals surface area contributed by atoms with Crippen LogP contribution in [0.1, 0.15) is 6.42 Å². The van der Waals surface area contributed by atoms with Crippen LogP contribution in [0.25, 0.3) is 0 Å². The molecule has 0 heterocycles. The minimum Gasteiger partial charge on any atom is -0.120 e. The monoisotopic (exact) mass is 102 g/mol. The summed E-state index contributed by atoms with van der Waals surface area (Å²) >= 11 is 0. The van der Waals surface area contributed by atoms with Gasteiger partial charge < -0.3 is 0 Å². The minimum atomic E-state index is 0.458. The summed E-state index contributed by atoms with van der Waals surface area (Å²) in [5.41, 5.74) is 3.19. The van der Waals surface area contributed by atoms with Gasteiger partial charge in [-0.15, -0.1) is 24.5 Å². The van der Waals surface area contributed by atoms with Crippen molar-refractivity contribution in [2.75, 3.05) is 0 Å². The first kappa shape index (κ1) is 6.64. The molecule has 0 aliphatic heterocycles. The van der Waals surface area contributed by atoms with Gasteiger partial charge in [-0.1, -0.05) is 12.5 Å². The highest BCUT2D eigenvalue weighted by atomic mass is 13.8. The number of hydrogen-bond acceptors (Lipinski definition) is 0. The summed E-state index contributed by atoms with van der Waals surface area (Å²) < 4.78 is 0. The maximum Gasteiger partial charge on any atom is 0.0548 e. The van der Waals surface area contributed by atoms with E-state index >= 15 is 0 Å². The molecule has 0 saturated carbocycles. The molecule has 0 saturated heterocycles. The molecule has 0 radical (unpaired) electrons. The normalized spacial score (nSPS) is 5.75. The molecule has 0 aliphatic rings. The average Bonchev–Trinajstić information content (AvgIpc) is 1.83. The zero-order chi connectivity index (χ0) is 6.41. The van der Waals surface area contributed by atoms with Crippen molar-refractivity contribution in [2.45, 2.75) is 6.42 Å². The Morgan fingerprint density at radius 1 is 1.50 bits per heavy atom. The van der Waals surface area contributed by atoms with Crippen LogP contribution in [-0.4, -0.2) is 0 Å². The molecule has 0 heteroatoms. The Labute approximate surface area is 49.9 Å². The molecular formula is C8H6. The molecule has 0 bridgehead atoms. The molecule has 0 nitrogen and oxygen atoms in total. The molecule has 0 aromatic rings. The molecule has 0 unspecified atom stereocenters. The molecule has 8 heavy (non-hydrogen) atoms. The Bertz CT molecular complexity index is 189. The van der Waals surface area contributed by atoms with Crippen LogP contribution in [0.15, 0.2) is 17.9 Å². The lowest BCUT2D eigenvalue weighted by Crippen LogP contribution is -1.69. The smallest absolute Gasteiger partial charge is 0.0548 e. The summed E-state index contributed by atoms with van der Waals surface area (Å²) in [5.74, 6) is 4.74. The number of terminal acetylenes is 2. The highest BCUT2D eigenvalue weighted by Gasteiger charge is 1.80. The second kappa shape index (κ2) is 3.82. The van der Waals surface area contributed by atoms with Crippen LogP contribution in [-0.2, 0) is 0 Å².